The molecule has 0 radical (unpaired) electrons. The summed E-state index contributed by atoms with van der Waals surface area (Å²) in [6, 6.07) is 7.27. The van der Waals surface area contributed by atoms with Crippen molar-refractivity contribution in [1.29, 1.82) is 0 Å². The maximum atomic E-state index is 12.5. The van der Waals surface area contributed by atoms with Crippen molar-refractivity contribution in [3.63, 3.8) is 0 Å². The lowest BCUT2D eigenvalue weighted by atomic mass is 10.1. The molecule has 26 heavy (non-hydrogen) atoms. The molecule has 0 aliphatic carbocycles. The number of benzene rings is 1. The number of halogens is 1. The second-order valence-electron chi connectivity index (χ2n) is 5.83. The molecule has 1 aliphatic rings. The Morgan fingerprint density at radius 2 is 2.08 bits per heavy atom. The number of esters is 1. The maximum absolute atomic E-state index is 12.5. The van der Waals surface area contributed by atoms with Crippen molar-refractivity contribution in [2.75, 3.05) is 11.5 Å². The standard InChI is InChI=1S/C16H15ClN2O5S2/c1-9-6-10-7-11(26(18,22)23)2-3-12(10)19(9)15(20)8-24-16(21)13-4-5-14(17)25-13/h2-5,7,9H,6,8H2,1H3,(H2,18,22,23). The zero-order valence-corrected chi connectivity index (χ0v) is 16.0. The predicted molar refractivity (Wildman–Crippen MR) is 98.1 cm³/mol. The lowest BCUT2D eigenvalue weighted by Gasteiger charge is -2.22. The van der Waals surface area contributed by atoms with E-state index in [-0.39, 0.29) is 10.9 Å². The van der Waals surface area contributed by atoms with E-state index in [1.807, 2.05) is 6.92 Å². The predicted octanol–water partition coefficient (Wildman–Crippen LogP) is 2.18. The fraction of sp³-hybridized carbons (Fsp3) is 0.250. The van der Waals surface area contributed by atoms with Crippen LogP contribution in [0.25, 0.3) is 0 Å². The number of ether oxygens (including phenoxy) is 1. The first kappa shape index (κ1) is 18.8. The Bertz CT molecular complexity index is 986. The SMILES string of the molecule is CC1Cc2cc(S(N)(=O)=O)ccc2N1C(=O)COC(=O)c1ccc(Cl)s1. The van der Waals surface area contributed by atoms with Crippen LogP contribution in [0.4, 0.5) is 5.69 Å². The average Bonchev–Trinajstić information content (AvgIpc) is 3.13. The number of hydrogen-bond donors (Lipinski definition) is 1. The third-order valence-corrected chi connectivity index (χ3v) is 6.09. The van der Waals surface area contributed by atoms with Crippen LogP contribution in [0.3, 0.4) is 0 Å². The molecule has 1 aliphatic heterocycles. The van der Waals surface area contributed by atoms with Crippen molar-refractivity contribution < 1.29 is 22.7 Å². The first-order valence-electron chi connectivity index (χ1n) is 7.57. The number of carbonyl (C=O) groups excluding carboxylic acids is 2. The van der Waals surface area contributed by atoms with Gasteiger partial charge in [-0.15, -0.1) is 11.3 Å². The lowest BCUT2D eigenvalue weighted by molar-refractivity contribution is -0.122. The Labute approximate surface area is 159 Å². The summed E-state index contributed by atoms with van der Waals surface area (Å²) < 4.78 is 28.5. The van der Waals surface area contributed by atoms with E-state index in [0.717, 1.165) is 11.3 Å². The zero-order chi connectivity index (χ0) is 19.1. The van der Waals surface area contributed by atoms with Crippen LogP contribution in [0, 0.1) is 0 Å². The van der Waals surface area contributed by atoms with Crippen LogP contribution >= 0.6 is 22.9 Å². The number of thiophene rings is 1. The van der Waals surface area contributed by atoms with Gasteiger partial charge in [0.05, 0.1) is 9.23 Å². The molecule has 1 unspecified atom stereocenters. The van der Waals surface area contributed by atoms with Gasteiger partial charge in [0.2, 0.25) is 10.0 Å². The van der Waals surface area contributed by atoms with E-state index in [1.54, 1.807) is 6.07 Å². The van der Waals surface area contributed by atoms with E-state index in [2.05, 4.69) is 0 Å². The number of anilines is 1. The van der Waals surface area contributed by atoms with Crippen LogP contribution in [0.5, 0.6) is 0 Å². The van der Waals surface area contributed by atoms with Crippen molar-refractivity contribution in [2.45, 2.75) is 24.3 Å². The van der Waals surface area contributed by atoms with E-state index >= 15 is 0 Å². The minimum atomic E-state index is -3.81. The molecule has 3 rings (SSSR count). The number of rotatable bonds is 4. The van der Waals surface area contributed by atoms with Gasteiger partial charge in [0.25, 0.3) is 5.91 Å². The highest BCUT2D eigenvalue weighted by Crippen LogP contribution is 2.33. The molecule has 7 nitrogen and oxygen atoms in total. The lowest BCUT2D eigenvalue weighted by Crippen LogP contribution is -2.38. The van der Waals surface area contributed by atoms with E-state index in [1.165, 1.54) is 29.2 Å². The first-order valence-corrected chi connectivity index (χ1v) is 10.3. The summed E-state index contributed by atoms with van der Waals surface area (Å²) in [6.07, 6.45) is 0.485. The van der Waals surface area contributed by atoms with Crippen molar-refractivity contribution in [3.8, 4) is 0 Å². The number of nitrogens with zero attached hydrogens (tertiary/aromatic N) is 1. The highest BCUT2D eigenvalue weighted by Gasteiger charge is 2.32. The number of primary sulfonamides is 1. The second kappa shape index (κ2) is 6.99. The highest BCUT2D eigenvalue weighted by molar-refractivity contribution is 7.89. The normalized spacial score (nSPS) is 16.4. The zero-order valence-electron chi connectivity index (χ0n) is 13.6. The third-order valence-electron chi connectivity index (χ3n) is 3.96. The van der Waals surface area contributed by atoms with Crippen molar-refractivity contribution in [3.05, 3.63) is 45.1 Å². The average molecular weight is 415 g/mol. The van der Waals surface area contributed by atoms with Gasteiger partial charge in [-0.2, -0.15) is 0 Å². The Morgan fingerprint density at radius 3 is 2.69 bits per heavy atom. The first-order chi connectivity index (χ1) is 12.2. The molecule has 1 aromatic carbocycles. The van der Waals surface area contributed by atoms with Gasteiger partial charge in [0, 0.05) is 11.7 Å². The molecule has 1 amide bonds. The van der Waals surface area contributed by atoms with Gasteiger partial charge in [-0.1, -0.05) is 11.6 Å². The minimum absolute atomic E-state index is 0.00116. The fourth-order valence-corrected chi connectivity index (χ4v) is 4.36. The van der Waals surface area contributed by atoms with Gasteiger partial charge >= 0.3 is 5.97 Å². The highest BCUT2D eigenvalue weighted by atomic mass is 35.5. The molecule has 2 N–H and O–H groups in total. The Kier molecular flexibility index (Phi) is 5.07. The molecular formula is C16H15ClN2O5S2. The smallest absolute Gasteiger partial charge is 0.348 e. The number of hydrogen-bond acceptors (Lipinski definition) is 6. The summed E-state index contributed by atoms with van der Waals surface area (Å²) in [4.78, 5) is 26.3. The monoisotopic (exact) mass is 414 g/mol. The largest absolute Gasteiger partial charge is 0.451 e. The van der Waals surface area contributed by atoms with E-state index in [0.29, 0.717) is 26.9 Å². The van der Waals surface area contributed by atoms with Gasteiger partial charge in [-0.3, -0.25) is 4.79 Å². The van der Waals surface area contributed by atoms with Crippen molar-refractivity contribution in [2.24, 2.45) is 5.14 Å². The third kappa shape index (κ3) is 3.75. The summed E-state index contributed by atoms with van der Waals surface area (Å²) in [5.41, 5.74) is 1.29. The molecule has 1 atom stereocenters. The molecule has 1 aromatic heterocycles. The molecule has 0 bridgehead atoms. The van der Waals surface area contributed by atoms with Gasteiger partial charge < -0.3 is 9.64 Å². The Hall–Kier alpha value is -1.94. The molecule has 0 spiro atoms. The van der Waals surface area contributed by atoms with Gasteiger partial charge in [-0.05, 0) is 49.2 Å². The quantitative estimate of drug-likeness (QED) is 0.771. The number of fused-ring (bicyclic) bond motifs is 1. The second-order valence-corrected chi connectivity index (χ2v) is 9.11. The molecule has 2 heterocycles. The van der Waals surface area contributed by atoms with Gasteiger partial charge in [0.15, 0.2) is 6.61 Å². The summed E-state index contributed by atoms with van der Waals surface area (Å²) >= 11 is 6.84. The molecule has 2 aromatic rings. The van der Waals surface area contributed by atoms with Crippen LogP contribution < -0.4 is 10.0 Å². The topological polar surface area (TPSA) is 107 Å². The molecule has 0 fully saturated rings. The number of nitrogens with two attached hydrogens (primary N) is 1. The van der Waals surface area contributed by atoms with Gasteiger partial charge in [-0.25, -0.2) is 18.4 Å². The molecule has 0 saturated carbocycles. The van der Waals surface area contributed by atoms with E-state index in [4.69, 9.17) is 21.5 Å². The van der Waals surface area contributed by atoms with Crippen molar-refractivity contribution >= 4 is 50.5 Å². The van der Waals surface area contributed by atoms with Crippen LogP contribution in [0.2, 0.25) is 4.34 Å². The van der Waals surface area contributed by atoms with E-state index in [9.17, 15) is 18.0 Å². The fourth-order valence-electron chi connectivity index (χ4n) is 2.86. The summed E-state index contributed by atoms with van der Waals surface area (Å²) in [6.45, 7) is 1.41. The molecule has 10 heteroatoms. The van der Waals surface area contributed by atoms with Gasteiger partial charge in [0.1, 0.15) is 4.88 Å². The van der Waals surface area contributed by atoms with Crippen LogP contribution in [0.1, 0.15) is 22.2 Å². The number of carbonyl (C=O) groups is 2. The number of sulfonamides is 1. The maximum Gasteiger partial charge on any atom is 0.348 e. The Balaban J connectivity index is 1.74. The van der Waals surface area contributed by atoms with Crippen molar-refractivity contribution in [1.82, 2.24) is 0 Å². The van der Waals surface area contributed by atoms with Crippen LogP contribution in [-0.2, 0) is 26.0 Å². The summed E-state index contributed by atoms with van der Waals surface area (Å²) in [7, 11) is -3.81. The van der Waals surface area contributed by atoms with Crippen LogP contribution in [-0.4, -0.2) is 32.9 Å². The molecule has 0 saturated heterocycles. The van der Waals surface area contributed by atoms with Crippen LogP contribution in [0.15, 0.2) is 35.2 Å². The van der Waals surface area contributed by atoms with E-state index < -0.39 is 28.5 Å². The Morgan fingerprint density at radius 1 is 1.35 bits per heavy atom. The minimum Gasteiger partial charge on any atom is -0.451 e. The summed E-state index contributed by atoms with van der Waals surface area (Å²) in [5, 5.41) is 5.14. The number of amides is 1. The summed E-state index contributed by atoms with van der Waals surface area (Å²) in [5.74, 6) is -1.01. The molecule has 138 valence electrons. The molecular weight excluding hydrogens is 400 g/mol.